The van der Waals surface area contributed by atoms with Gasteiger partial charge in [-0.05, 0) is 0 Å². The monoisotopic (exact) mass is 241 g/mol. The molecule has 0 aliphatic carbocycles. The normalized spacial score (nSPS) is 13.6. The van der Waals surface area contributed by atoms with Crippen molar-refractivity contribution in [3.8, 4) is 0 Å². The number of hydrogen-bond acceptors (Lipinski definition) is 2. The van der Waals surface area contributed by atoms with E-state index in [0.717, 1.165) is 0 Å². The summed E-state index contributed by atoms with van der Waals surface area (Å²) in [4.78, 5) is 3.60. The van der Waals surface area contributed by atoms with Crippen LogP contribution in [-0.2, 0) is 0 Å². The van der Waals surface area contributed by atoms with Crippen molar-refractivity contribution in [2.75, 3.05) is 7.05 Å². The minimum Gasteiger partial charge on any atom is -0.370 e. The third-order valence-electron chi connectivity index (χ3n) is 0.588. The van der Waals surface area contributed by atoms with Gasteiger partial charge in [-0.3, -0.25) is 10.3 Å². The molecule has 0 spiro atoms. The number of nitrogens with one attached hydrogen (secondary N) is 1. The van der Waals surface area contributed by atoms with Crippen molar-refractivity contribution in [2.45, 2.75) is 0 Å². The van der Waals surface area contributed by atoms with E-state index in [0.29, 0.717) is 0 Å². The third-order valence-corrected chi connectivity index (χ3v) is 1.11. The van der Waals surface area contributed by atoms with Crippen LogP contribution in [-0.4, -0.2) is 19.0 Å². The molecular weight excluding hydrogens is 233 g/mol. The third kappa shape index (κ3) is 4.01. The maximum Gasteiger partial charge on any atom is 0.205 e. The predicted octanol–water partition coefficient (Wildman–Crippen LogP) is -0.815. The Morgan fingerprint density at radius 1 is 1.44 bits per heavy atom. The van der Waals surface area contributed by atoms with Gasteiger partial charge < -0.3 is 11.5 Å². The van der Waals surface area contributed by atoms with E-state index < -0.39 is 0 Å². The van der Waals surface area contributed by atoms with Crippen LogP contribution >= 0.6 is 22.9 Å². The van der Waals surface area contributed by atoms with Crippen LogP contribution in [0.25, 0.3) is 0 Å². The van der Waals surface area contributed by atoms with E-state index in [1.54, 1.807) is 29.9 Å². The van der Waals surface area contributed by atoms with Gasteiger partial charge >= 0.3 is 0 Å². The first-order valence-corrected chi connectivity index (χ1v) is 3.11. The second-order valence-electron chi connectivity index (χ2n) is 1.20. The summed E-state index contributed by atoms with van der Waals surface area (Å²) >= 11 is 1.75. The van der Waals surface area contributed by atoms with Crippen LogP contribution in [0.1, 0.15) is 0 Å². The van der Waals surface area contributed by atoms with Gasteiger partial charge in [0.15, 0.2) is 5.96 Å². The molecule has 6 heteroatoms. The highest BCUT2D eigenvalue weighted by Crippen LogP contribution is 1.77. The predicted molar refractivity (Wildman–Crippen MR) is 46.3 cm³/mol. The molecule has 5 nitrogen and oxygen atoms in total. The first-order valence-electron chi connectivity index (χ1n) is 2.14. The zero-order chi connectivity index (χ0) is 7.28. The molecule has 0 saturated carbocycles. The molecule has 0 aliphatic heterocycles. The Bertz CT molecular complexity index is 123. The maximum absolute atomic E-state index is 5.22. The standard InChI is InChI=1S/C3H8IN5/c1-7-2(5)8-3(6)9-4/h1H3,(H5,5,6,7,8,9). The van der Waals surface area contributed by atoms with Crippen molar-refractivity contribution in [1.82, 2.24) is 5.32 Å². The molecule has 0 atom stereocenters. The second-order valence-corrected chi connectivity index (χ2v) is 1.69. The highest BCUT2D eigenvalue weighted by atomic mass is 127. The Kier molecular flexibility index (Phi) is 4.10. The Morgan fingerprint density at radius 2 is 2.00 bits per heavy atom. The molecule has 9 heavy (non-hydrogen) atoms. The highest BCUT2D eigenvalue weighted by Gasteiger charge is 1.89. The lowest BCUT2D eigenvalue weighted by Gasteiger charge is -1.99. The summed E-state index contributed by atoms with van der Waals surface area (Å²) in [5.74, 6) is 0.506. The van der Waals surface area contributed by atoms with Crippen LogP contribution in [0, 0.1) is 0 Å². The molecule has 0 saturated heterocycles. The highest BCUT2D eigenvalue weighted by molar-refractivity contribution is 14.1. The average Bonchev–Trinajstić information content (AvgIpc) is 1.87. The molecule has 0 aromatic rings. The van der Waals surface area contributed by atoms with Gasteiger partial charge in [0.05, 0.1) is 22.9 Å². The van der Waals surface area contributed by atoms with E-state index in [9.17, 15) is 0 Å². The van der Waals surface area contributed by atoms with E-state index in [1.165, 1.54) is 0 Å². The summed E-state index contributed by atoms with van der Waals surface area (Å²) in [5.41, 5.74) is 10.4. The summed E-state index contributed by atoms with van der Waals surface area (Å²) in [6.45, 7) is 0. The van der Waals surface area contributed by atoms with Crippen LogP contribution in [0.2, 0.25) is 0 Å². The number of nitrogens with two attached hydrogens (primary N) is 2. The van der Waals surface area contributed by atoms with E-state index in [-0.39, 0.29) is 11.9 Å². The first-order chi connectivity index (χ1) is 4.20. The summed E-state index contributed by atoms with van der Waals surface area (Å²) < 4.78 is 3.57. The zero-order valence-corrected chi connectivity index (χ0v) is 7.08. The van der Waals surface area contributed by atoms with Gasteiger partial charge in [-0.25, -0.2) is 0 Å². The first kappa shape index (κ1) is 8.47. The molecule has 0 fully saturated rings. The number of halogens is 1. The number of rotatable bonds is 0. The van der Waals surface area contributed by atoms with E-state index >= 15 is 0 Å². The van der Waals surface area contributed by atoms with Gasteiger partial charge in [-0.2, -0.15) is 3.21 Å². The summed E-state index contributed by atoms with van der Waals surface area (Å²) in [5, 5.41) is 2.53. The topological polar surface area (TPSA) is 88.8 Å². The number of nitrogens with zero attached hydrogens (tertiary/aromatic N) is 2. The molecule has 0 bridgehead atoms. The maximum atomic E-state index is 5.22. The van der Waals surface area contributed by atoms with Crippen molar-refractivity contribution in [3.05, 3.63) is 0 Å². The van der Waals surface area contributed by atoms with E-state index in [2.05, 4.69) is 13.5 Å². The van der Waals surface area contributed by atoms with Crippen molar-refractivity contribution >= 4 is 34.8 Å². The van der Waals surface area contributed by atoms with E-state index in [1.807, 2.05) is 0 Å². The fourth-order valence-corrected chi connectivity index (χ4v) is 0.329. The largest absolute Gasteiger partial charge is 0.370 e. The minimum atomic E-state index is 0.249. The van der Waals surface area contributed by atoms with Crippen molar-refractivity contribution in [3.63, 3.8) is 0 Å². The Labute approximate surface area is 67.1 Å². The Balaban J connectivity index is 3.75. The molecule has 0 aliphatic rings. The molecule has 5 N–H and O–H groups in total. The molecule has 0 heterocycles. The summed E-state index contributed by atoms with van der Waals surface area (Å²) in [6, 6.07) is 0. The van der Waals surface area contributed by atoms with Gasteiger partial charge in [-0.1, -0.05) is 0 Å². The summed E-state index contributed by atoms with van der Waals surface area (Å²) in [6.07, 6.45) is 0. The Morgan fingerprint density at radius 3 is 2.33 bits per heavy atom. The van der Waals surface area contributed by atoms with Gasteiger partial charge in [0.2, 0.25) is 5.96 Å². The fourth-order valence-electron chi connectivity index (χ4n) is 0.208. The summed E-state index contributed by atoms with van der Waals surface area (Å²) in [7, 11) is 1.56. The molecule has 0 unspecified atom stereocenters. The van der Waals surface area contributed by atoms with Crippen LogP contribution in [0.5, 0.6) is 0 Å². The molecule has 0 radical (unpaired) electrons. The van der Waals surface area contributed by atoms with Gasteiger partial charge in [-0.15, -0.1) is 0 Å². The molecular formula is C3H8IN5. The van der Waals surface area contributed by atoms with Crippen LogP contribution in [0.15, 0.2) is 8.20 Å². The SMILES string of the molecule is CN=C(N)NC(N)=NI. The smallest absolute Gasteiger partial charge is 0.205 e. The molecule has 52 valence electrons. The van der Waals surface area contributed by atoms with E-state index in [4.69, 9.17) is 11.5 Å². The minimum absolute atomic E-state index is 0.249. The van der Waals surface area contributed by atoms with Gasteiger partial charge in [0.1, 0.15) is 0 Å². The van der Waals surface area contributed by atoms with Gasteiger partial charge in [0, 0.05) is 7.05 Å². The number of guanidine groups is 2. The lowest BCUT2D eigenvalue weighted by Crippen LogP contribution is -2.40. The van der Waals surface area contributed by atoms with Crippen LogP contribution in [0.3, 0.4) is 0 Å². The molecule has 0 amide bonds. The Hall–Kier alpha value is -0.530. The fraction of sp³-hybridized carbons (Fsp3) is 0.333. The zero-order valence-electron chi connectivity index (χ0n) is 4.93. The van der Waals surface area contributed by atoms with Gasteiger partial charge in [0.25, 0.3) is 0 Å². The molecule has 0 aromatic carbocycles. The van der Waals surface area contributed by atoms with Crippen LogP contribution < -0.4 is 16.8 Å². The van der Waals surface area contributed by atoms with Crippen molar-refractivity contribution < 1.29 is 0 Å². The van der Waals surface area contributed by atoms with Crippen molar-refractivity contribution in [2.24, 2.45) is 19.7 Å². The lowest BCUT2D eigenvalue weighted by molar-refractivity contribution is 1.23. The quantitative estimate of drug-likeness (QED) is 0.294. The average molecular weight is 241 g/mol. The lowest BCUT2D eigenvalue weighted by atomic mass is 10.9. The van der Waals surface area contributed by atoms with Crippen molar-refractivity contribution in [1.29, 1.82) is 0 Å². The number of hydrogen-bond donors (Lipinski definition) is 3. The van der Waals surface area contributed by atoms with Crippen LogP contribution in [0.4, 0.5) is 0 Å². The molecule has 0 rings (SSSR count). The second kappa shape index (κ2) is 4.36. The molecule has 0 aromatic heterocycles. The number of aliphatic imine (C=N–C) groups is 1.